The zero-order valence-corrected chi connectivity index (χ0v) is 17.2. The van der Waals surface area contributed by atoms with E-state index >= 15 is 0 Å². The Balaban J connectivity index is 1.28. The summed E-state index contributed by atoms with van der Waals surface area (Å²) in [4.78, 5) is 18.4. The summed E-state index contributed by atoms with van der Waals surface area (Å²) in [6.45, 7) is 5.76. The van der Waals surface area contributed by atoms with Crippen LogP contribution in [-0.4, -0.2) is 45.3 Å². The minimum Gasteiger partial charge on any atom is -0.457 e. The number of fused-ring (bicyclic) bond motifs is 1. The smallest absolute Gasteiger partial charge is 0.338 e. The lowest BCUT2D eigenvalue weighted by molar-refractivity contribution is 0.0535. The van der Waals surface area contributed by atoms with Crippen molar-refractivity contribution in [3.05, 3.63) is 76.2 Å². The van der Waals surface area contributed by atoms with Crippen molar-refractivity contribution in [2.45, 2.75) is 26.1 Å². The zero-order chi connectivity index (χ0) is 21.4. The first-order valence-electron chi connectivity index (χ1n) is 10.3. The number of aryl methyl sites for hydroxylation is 1. The number of esters is 1. The molecule has 1 saturated heterocycles. The van der Waals surface area contributed by atoms with Crippen LogP contribution in [0.4, 0.5) is 0 Å². The highest BCUT2D eigenvalue weighted by Crippen LogP contribution is 2.26. The molecule has 8 nitrogen and oxygen atoms in total. The van der Waals surface area contributed by atoms with Gasteiger partial charge in [0.15, 0.2) is 5.82 Å². The summed E-state index contributed by atoms with van der Waals surface area (Å²) in [5.41, 5.74) is 5.39. The molecule has 1 N–H and O–H groups in total. The van der Waals surface area contributed by atoms with Gasteiger partial charge in [-0.05, 0) is 36.2 Å². The molecule has 3 aromatic rings. The number of nitrogens with zero attached hydrogens (tertiary/aromatic N) is 5. The van der Waals surface area contributed by atoms with E-state index in [0.717, 1.165) is 42.9 Å². The Morgan fingerprint density at radius 3 is 3.06 bits per heavy atom. The molecule has 0 bridgehead atoms. The van der Waals surface area contributed by atoms with Crippen LogP contribution in [0.2, 0.25) is 0 Å². The summed E-state index contributed by atoms with van der Waals surface area (Å²) in [6.07, 6.45) is 5.44. The lowest BCUT2D eigenvalue weighted by Crippen LogP contribution is -2.45. The van der Waals surface area contributed by atoms with Gasteiger partial charge in [0.05, 0.1) is 17.3 Å². The van der Waals surface area contributed by atoms with Crippen LogP contribution in [0.15, 0.2) is 42.9 Å². The van der Waals surface area contributed by atoms with E-state index in [1.807, 2.05) is 37.5 Å². The molecule has 0 amide bonds. The van der Waals surface area contributed by atoms with E-state index in [0.29, 0.717) is 23.6 Å². The van der Waals surface area contributed by atoms with Crippen molar-refractivity contribution in [1.29, 1.82) is 5.26 Å². The Labute approximate surface area is 180 Å². The number of hydrogen-bond donors (Lipinski definition) is 1. The lowest BCUT2D eigenvalue weighted by Gasteiger charge is -2.33. The van der Waals surface area contributed by atoms with Crippen LogP contribution in [-0.2, 0) is 17.9 Å². The molecule has 0 spiro atoms. The van der Waals surface area contributed by atoms with Gasteiger partial charge in [0.25, 0.3) is 0 Å². The fraction of sp³-hybridized carbons (Fsp3) is 0.304. The molecule has 2 aliphatic rings. The zero-order valence-electron chi connectivity index (χ0n) is 17.2. The van der Waals surface area contributed by atoms with Gasteiger partial charge < -0.3 is 10.1 Å². The summed E-state index contributed by atoms with van der Waals surface area (Å²) in [5, 5.41) is 17.1. The molecule has 2 aliphatic heterocycles. The van der Waals surface area contributed by atoms with Gasteiger partial charge in [-0.3, -0.25) is 4.90 Å². The van der Waals surface area contributed by atoms with E-state index < -0.39 is 0 Å². The summed E-state index contributed by atoms with van der Waals surface area (Å²) in [5.74, 6) is 0.472. The second-order valence-corrected chi connectivity index (χ2v) is 8.00. The topological polar surface area (TPSA) is 96.1 Å². The molecule has 8 heteroatoms. The third-order valence-electron chi connectivity index (χ3n) is 5.86. The highest BCUT2D eigenvalue weighted by Gasteiger charge is 2.25. The Morgan fingerprint density at radius 2 is 2.23 bits per heavy atom. The minimum atomic E-state index is -0.233. The minimum absolute atomic E-state index is 0.202. The average molecular weight is 414 g/mol. The predicted molar refractivity (Wildman–Crippen MR) is 112 cm³/mol. The molecule has 0 saturated carbocycles. The highest BCUT2D eigenvalue weighted by atomic mass is 16.5. The van der Waals surface area contributed by atoms with E-state index in [1.165, 1.54) is 5.56 Å². The maximum Gasteiger partial charge on any atom is 0.338 e. The third-order valence-corrected chi connectivity index (χ3v) is 5.86. The predicted octanol–water partition coefficient (Wildman–Crippen LogP) is 2.26. The molecule has 156 valence electrons. The van der Waals surface area contributed by atoms with Crippen LogP contribution in [0.25, 0.3) is 5.82 Å². The first kappa shape index (κ1) is 19.4. The van der Waals surface area contributed by atoms with Crippen molar-refractivity contribution in [2.24, 2.45) is 0 Å². The van der Waals surface area contributed by atoms with Crippen LogP contribution in [0.1, 0.15) is 44.2 Å². The summed E-state index contributed by atoms with van der Waals surface area (Å²) < 4.78 is 6.88. The van der Waals surface area contributed by atoms with Crippen molar-refractivity contribution < 1.29 is 9.53 Å². The first-order chi connectivity index (χ1) is 15.1. The van der Waals surface area contributed by atoms with E-state index in [1.54, 1.807) is 10.9 Å². The van der Waals surface area contributed by atoms with Crippen molar-refractivity contribution in [1.82, 2.24) is 25.0 Å². The quantitative estimate of drug-likeness (QED) is 0.654. The third kappa shape index (κ3) is 3.81. The van der Waals surface area contributed by atoms with E-state index in [9.17, 15) is 4.79 Å². The largest absolute Gasteiger partial charge is 0.457 e. The second kappa shape index (κ2) is 7.95. The van der Waals surface area contributed by atoms with Crippen LogP contribution in [0, 0.1) is 18.3 Å². The Morgan fingerprint density at radius 1 is 1.32 bits per heavy atom. The number of carbonyl (C=O) groups is 1. The summed E-state index contributed by atoms with van der Waals surface area (Å²) in [7, 11) is 0. The van der Waals surface area contributed by atoms with Crippen molar-refractivity contribution in [3.8, 4) is 11.9 Å². The molecule has 2 aromatic heterocycles. The van der Waals surface area contributed by atoms with Gasteiger partial charge in [0, 0.05) is 55.7 Å². The molecule has 4 heterocycles. The maximum atomic E-state index is 11.7. The lowest BCUT2D eigenvalue weighted by atomic mass is 9.99. The van der Waals surface area contributed by atoms with Crippen molar-refractivity contribution in [2.75, 3.05) is 19.6 Å². The van der Waals surface area contributed by atoms with Crippen LogP contribution in [0.3, 0.4) is 0 Å². The average Bonchev–Trinajstić information content (AvgIpc) is 3.40. The van der Waals surface area contributed by atoms with Gasteiger partial charge in [0.2, 0.25) is 0 Å². The number of ether oxygens (including phenoxy) is 1. The van der Waals surface area contributed by atoms with Gasteiger partial charge in [0.1, 0.15) is 12.7 Å². The van der Waals surface area contributed by atoms with Gasteiger partial charge in [-0.2, -0.15) is 10.4 Å². The molecule has 0 aliphatic carbocycles. The number of carbonyl (C=O) groups excluding carboxylic acids is 1. The number of cyclic esters (lactones) is 1. The first-order valence-corrected chi connectivity index (χ1v) is 10.3. The molecule has 1 fully saturated rings. The van der Waals surface area contributed by atoms with Crippen LogP contribution >= 0.6 is 0 Å². The van der Waals surface area contributed by atoms with E-state index in [4.69, 9.17) is 10.00 Å². The number of aromatic nitrogens is 3. The molecule has 5 rings (SSSR count). The fourth-order valence-electron chi connectivity index (χ4n) is 4.16. The van der Waals surface area contributed by atoms with Crippen molar-refractivity contribution >= 4 is 5.97 Å². The van der Waals surface area contributed by atoms with Crippen LogP contribution < -0.4 is 5.32 Å². The van der Waals surface area contributed by atoms with Gasteiger partial charge in [-0.1, -0.05) is 6.07 Å². The monoisotopic (exact) mass is 414 g/mol. The number of nitriles is 1. The number of nitrogens with one attached hydrogen (secondary N) is 1. The molecular weight excluding hydrogens is 392 g/mol. The Hall–Kier alpha value is -3.54. The number of rotatable bonds is 4. The fourth-order valence-corrected chi connectivity index (χ4v) is 4.16. The molecule has 31 heavy (non-hydrogen) atoms. The van der Waals surface area contributed by atoms with Gasteiger partial charge in [-0.15, -0.1) is 0 Å². The number of benzene rings is 1. The van der Waals surface area contributed by atoms with Gasteiger partial charge in [-0.25, -0.2) is 14.5 Å². The number of pyridine rings is 1. The second-order valence-electron chi connectivity index (χ2n) is 8.00. The molecular formula is C23H22N6O2. The standard InChI is InChI=1S/C23H22N6O2/c1-15-6-22(26-10-19(15)8-24)29-12-16(9-27-29)11-28-5-4-25-21(13-28)17-2-3-20-18(7-17)14-31-23(20)30/h2-3,6-7,9-10,12,21,25H,4-5,11,13-14H2,1H3/t21-/m0/s1. The summed E-state index contributed by atoms with van der Waals surface area (Å²) >= 11 is 0. The maximum absolute atomic E-state index is 11.7. The Kier molecular flexibility index (Phi) is 4.98. The van der Waals surface area contributed by atoms with Crippen LogP contribution in [0.5, 0.6) is 0 Å². The summed E-state index contributed by atoms with van der Waals surface area (Å²) in [6, 6.07) is 10.2. The Bertz CT molecular complexity index is 1200. The van der Waals surface area contributed by atoms with Crippen molar-refractivity contribution in [3.63, 3.8) is 0 Å². The number of piperazine rings is 1. The molecule has 0 radical (unpaired) electrons. The SMILES string of the molecule is Cc1cc(-n2cc(CN3CCN[C@H](c4ccc5c(c4)COC5=O)C3)cn2)ncc1C#N. The van der Waals surface area contributed by atoms with E-state index in [-0.39, 0.29) is 12.0 Å². The normalized spacial score (nSPS) is 18.5. The highest BCUT2D eigenvalue weighted by molar-refractivity contribution is 5.93. The van der Waals surface area contributed by atoms with E-state index in [2.05, 4.69) is 32.4 Å². The number of hydrogen-bond acceptors (Lipinski definition) is 7. The van der Waals surface area contributed by atoms with Gasteiger partial charge >= 0.3 is 5.97 Å². The molecule has 1 atom stereocenters. The molecule has 0 unspecified atom stereocenters. The molecule has 1 aromatic carbocycles.